The Labute approximate surface area is 219 Å². The van der Waals surface area contributed by atoms with Crippen LogP contribution in [0.2, 0.25) is 0 Å². The molecule has 0 spiro atoms. The number of aryl methyl sites for hydroxylation is 1. The van der Waals surface area contributed by atoms with Gasteiger partial charge in [0.15, 0.2) is 5.65 Å². The van der Waals surface area contributed by atoms with Crippen LogP contribution in [0.3, 0.4) is 0 Å². The first kappa shape index (κ1) is 23.9. The average Bonchev–Trinajstić information content (AvgIpc) is 3.42. The van der Waals surface area contributed by atoms with Crippen LogP contribution < -0.4 is 15.6 Å². The number of aromatic nitrogens is 6. The summed E-state index contributed by atoms with van der Waals surface area (Å²) in [5.74, 6) is 1.16. The fourth-order valence-corrected chi connectivity index (χ4v) is 4.99. The van der Waals surface area contributed by atoms with Crippen molar-refractivity contribution >= 4 is 33.6 Å². The minimum absolute atomic E-state index is 0.175. The van der Waals surface area contributed by atoms with Crippen molar-refractivity contribution in [2.75, 3.05) is 25.5 Å². The van der Waals surface area contributed by atoms with E-state index in [-0.39, 0.29) is 11.7 Å². The van der Waals surface area contributed by atoms with Gasteiger partial charge in [-0.2, -0.15) is 10.1 Å². The minimum Gasteiger partial charge on any atom is -0.490 e. The molecule has 5 aromatic rings. The van der Waals surface area contributed by atoms with E-state index < -0.39 is 0 Å². The Bertz CT molecular complexity index is 1690. The van der Waals surface area contributed by atoms with Crippen LogP contribution in [0.1, 0.15) is 12.8 Å². The van der Waals surface area contributed by atoms with Gasteiger partial charge < -0.3 is 15.0 Å². The maximum atomic E-state index is 13.3. The minimum atomic E-state index is -0.176. The normalized spacial score (nSPS) is 14.8. The van der Waals surface area contributed by atoms with Crippen LogP contribution in [0, 0.1) is 0 Å². The highest BCUT2D eigenvalue weighted by Gasteiger charge is 2.20. The molecule has 0 unspecified atom stereocenters. The first-order chi connectivity index (χ1) is 18.5. The summed E-state index contributed by atoms with van der Waals surface area (Å²) in [6.45, 7) is 6.21. The molecule has 38 heavy (non-hydrogen) atoms. The Morgan fingerprint density at radius 3 is 2.79 bits per heavy atom. The highest BCUT2D eigenvalue weighted by Crippen LogP contribution is 2.25. The van der Waals surface area contributed by atoms with Crippen molar-refractivity contribution in [2.45, 2.75) is 25.5 Å². The van der Waals surface area contributed by atoms with Gasteiger partial charge in [-0.3, -0.25) is 9.48 Å². The molecule has 0 atom stereocenters. The van der Waals surface area contributed by atoms with Crippen LogP contribution in [0.4, 0.5) is 11.6 Å². The third-order valence-electron chi connectivity index (χ3n) is 7.01. The predicted molar refractivity (Wildman–Crippen MR) is 148 cm³/mol. The highest BCUT2D eigenvalue weighted by molar-refractivity contribution is 5.83. The number of nitrogens with one attached hydrogen (secondary N) is 1. The Morgan fingerprint density at radius 2 is 1.97 bits per heavy atom. The number of hydrogen-bond acceptors (Lipinski definition) is 7. The van der Waals surface area contributed by atoms with Crippen LogP contribution in [0.25, 0.3) is 27.6 Å². The maximum Gasteiger partial charge on any atom is 0.278 e. The van der Waals surface area contributed by atoms with Crippen molar-refractivity contribution in [3.05, 3.63) is 77.9 Å². The fourth-order valence-electron chi connectivity index (χ4n) is 4.99. The number of anilines is 2. The summed E-state index contributed by atoms with van der Waals surface area (Å²) in [4.78, 5) is 24.8. The van der Waals surface area contributed by atoms with Gasteiger partial charge in [0.25, 0.3) is 5.56 Å². The third-order valence-corrected chi connectivity index (χ3v) is 7.01. The van der Waals surface area contributed by atoms with Gasteiger partial charge in [0.2, 0.25) is 5.95 Å². The largest absolute Gasteiger partial charge is 0.490 e. The third kappa shape index (κ3) is 4.43. The van der Waals surface area contributed by atoms with Gasteiger partial charge in [-0.25, -0.2) is 14.3 Å². The topological polar surface area (TPSA) is 95.0 Å². The number of nitrogens with zero attached hydrogens (tertiary/aromatic N) is 7. The zero-order chi connectivity index (χ0) is 26.2. The van der Waals surface area contributed by atoms with Gasteiger partial charge in [0.1, 0.15) is 17.2 Å². The summed E-state index contributed by atoms with van der Waals surface area (Å²) in [5, 5.41) is 9.02. The first-order valence-corrected chi connectivity index (χ1v) is 12.7. The summed E-state index contributed by atoms with van der Waals surface area (Å²) in [6.07, 6.45) is 7.24. The lowest BCUT2D eigenvalue weighted by atomic mass is 10.1. The second kappa shape index (κ2) is 9.79. The van der Waals surface area contributed by atoms with E-state index in [4.69, 9.17) is 9.72 Å². The second-order valence-electron chi connectivity index (χ2n) is 9.70. The van der Waals surface area contributed by atoms with E-state index in [1.165, 1.54) is 0 Å². The summed E-state index contributed by atoms with van der Waals surface area (Å²) < 4.78 is 11.6. The van der Waals surface area contributed by atoms with Crippen molar-refractivity contribution in [2.24, 2.45) is 7.05 Å². The lowest BCUT2D eigenvalue weighted by molar-refractivity contribution is 0.114. The molecule has 0 aliphatic carbocycles. The van der Waals surface area contributed by atoms with Gasteiger partial charge in [0.05, 0.1) is 23.9 Å². The zero-order valence-electron chi connectivity index (χ0n) is 21.5. The molecule has 1 aliphatic rings. The smallest absolute Gasteiger partial charge is 0.278 e. The van der Waals surface area contributed by atoms with Crippen molar-refractivity contribution in [3.63, 3.8) is 0 Å². The number of ether oxygens (including phenoxy) is 1. The molecule has 1 fully saturated rings. The number of allylic oxidation sites excluding steroid dienone is 1. The van der Waals surface area contributed by atoms with E-state index in [2.05, 4.69) is 33.9 Å². The van der Waals surface area contributed by atoms with Gasteiger partial charge in [-0.1, -0.05) is 12.1 Å². The molecule has 10 heteroatoms. The van der Waals surface area contributed by atoms with Crippen molar-refractivity contribution < 1.29 is 4.74 Å². The van der Waals surface area contributed by atoms with Gasteiger partial charge in [-0.05, 0) is 50.2 Å². The summed E-state index contributed by atoms with van der Waals surface area (Å²) in [6, 6.07) is 13.8. The molecule has 4 heterocycles. The summed E-state index contributed by atoms with van der Waals surface area (Å²) >= 11 is 0. The second-order valence-corrected chi connectivity index (χ2v) is 9.70. The average molecular weight is 511 g/mol. The SMILES string of the molecule is C=CCn1c(=O)c2cnc(Nc3ccc4c(cnn4C)c3)nc2n1-c1cccc(OC2CCN(C)CC2)c1. The van der Waals surface area contributed by atoms with Gasteiger partial charge in [-0.15, -0.1) is 6.58 Å². The van der Waals surface area contributed by atoms with Crippen LogP contribution in [-0.4, -0.2) is 60.3 Å². The van der Waals surface area contributed by atoms with E-state index in [9.17, 15) is 4.79 Å². The molecule has 6 rings (SSSR count). The Hall–Kier alpha value is -4.44. The Morgan fingerprint density at radius 1 is 1.13 bits per heavy atom. The van der Waals surface area contributed by atoms with Gasteiger partial charge >= 0.3 is 0 Å². The molecule has 0 saturated carbocycles. The van der Waals surface area contributed by atoms with Crippen LogP contribution in [0.15, 0.2) is 72.3 Å². The quantitative estimate of drug-likeness (QED) is 0.332. The maximum absolute atomic E-state index is 13.3. The number of hydrogen-bond donors (Lipinski definition) is 1. The molecule has 1 N–H and O–H groups in total. The molecule has 10 nitrogen and oxygen atoms in total. The number of fused-ring (bicyclic) bond motifs is 2. The molecule has 1 saturated heterocycles. The first-order valence-electron chi connectivity index (χ1n) is 12.7. The number of likely N-dealkylation sites (tertiary alicyclic amines) is 1. The van der Waals surface area contributed by atoms with Crippen LogP contribution in [0.5, 0.6) is 5.75 Å². The molecule has 0 radical (unpaired) electrons. The standard InChI is InChI=1S/C28H30N8O2/c1-4-12-35-27(37)24-18-29-28(31-20-8-9-25-19(15-20)17-30-34(25)3)32-26(24)36(35)21-6-5-7-23(16-21)38-22-10-13-33(2)14-11-22/h4-9,15-18,22H,1,10-14H2,2-3H3,(H,29,31,32). The van der Waals surface area contributed by atoms with Crippen molar-refractivity contribution in [1.82, 2.24) is 34.0 Å². The molecule has 0 bridgehead atoms. The fraction of sp³-hybridized carbons (Fsp3) is 0.286. The lowest BCUT2D eigenvalue weighted by Crippen LogP contribution is -2.35. The van der Waals surface area contributed by atoms with Crippen LogP contribution in [-0.2, 0) is 13.6 Å². The van der Waals surface area contributed by atoms with Crippen LogP contribution >= 0.6 is 0 Å². The number of benzene rings is 2. The number of rotatable bonds is 7. The number of piperidine rings is 1. The molecule has 3 aromatic heterocycles. The summed E-state index contributed by atoms with van der Waals surface area (Å²) in [7, 11) is 4.04. The summed E-state index contributed by atoms with van der Waals surface area (Å²) in [5.41, 5.74) is 2.98. The molecular formula is C28H30N8O2. The molecule has 2 aromatic carbocycles. The van der Waals surface area contributed by atoms with E-state index >= 15 is 0 Å². The molecule has 1 aliphatic heterocycles. The monoisotopic (exact) mass is 510 g/mol. The zero-order valence-corrected chi connectivity index (χ0v) is 21.5. The van der Waals surface area contributed by atoms with E-state index in [0.717, 1.165) is 54.0 Å². The Kier molecular flexibility index (Phi) is 6.16. The van der Waals surface area contributed by atoms with E-state index in [0.29, 0.717) is 23.5 Å². The van der Waals surface area contributed by atoms with Gasteiger partial charge in [0, 0.05) is 43.5 Å². The molecule has 0 amide bonds. The van der Waals surface area contributed by atoms with E-state index in [1.807, 2.05) is 65.1 Å². The highest BCUT2D eigenvalue weighted by atomic mass is 16.5. The lowest BCUT2D eigenvalue weighted by Gasteiger charge is -2.29. The van der Waals surface area contributed by atoms with Crippen molar-refractivity contribution in [3.8, 4) is 11.4 Å². The van der Waals surface area contributed by atoms with Crippen molar-refractivity contribution in [1.29, 1.82) is 0 Å². The Balaban J connectivity index is 1.38. The molecular weight excluding hydrogens is 480 g/mol. The van der Waals surface area contributed by atoms with E-state index in [1.54, 1.807) is 17.0 Å². The molecule has 194 valence electrons. The predicted octanol–water partition coefficient (Wildman–Crippen LogP) is 3.87.